The Hall–Kier alpha value is -1.56. The molecule has 0 aromatic carbocycles. The minimum Gasteiger partial charge on any atom is -0.370 e. The zero-order valence-corrected chi connectivity index (χ0v) is 10.2. The van der Waals surface area contributed by atoms with Gasteiger partial charge >= 0.3 is 0 Å². The normalized spacial score (nSPS) is 17.2. The molecule has 5 N–H and O–H groups in total. The molecule has 2 heterocycles. The van der Waals surface area contributed by atoms with Crippen LogP contribution in [0.5, 0.6) is 0 Å². The van der Waals surface area contributed by atoms with Gasteiger partial charge in [0.2, 0.25) is 5.95 Å². The van der Waals surface area contributed by atoms with E-state index in [1.165, 1.54) is 0 Å². The number of nitrogens with two attached hydrogens (primary N) is 2. The fraction of sp³-hybridized carbons (Fsp3) is 0.636. The van der Waals surface area contributed by atoms with Crippen LogP contribution in [0.4, 0.5) is 17.6 Å². The summed E-state index contributed by atoms with van der Waals surface area (Å²) in [6, 6.07) is 2.26. The molecule has 0 bridgehead atoms. The second kappa shape index (κ2) is 5.18. The summed E-state index contributed by atoms with van der Waals surface area (Å²) < 4.78 is 0. The Morgan fingerprint density at radius 1 is 1.41 bits per heavy atom. The topological polar surface area (TPSA) is 93.1 Å². The zero-order chi connectivity index (χ0) is 12.3. The first-order valence-corrected chi connectivity index (χ1v) is 6.08. The maximum Gasteiger partial charge on any atom is 0.223 e. The van der Waals surface area contributed by atoms with Gasteiger partial charge in [-0.15, -0.1) is 0 Å². The molecule has 2 rings (SSSR count). The number of hydrogen-bond donors (Lipinski definition) is 3. The van der Waals surface area contributed by atoms with Gasteiger partial charge in [0.05, 0.1) is 0 Å². The van der Waals surface area contributed by atoms with E-state index in [1.807, 2.05) is 13.0 Å². The molecule has 0 unspecified atom stereocenters. The van der Waals surface area contributed by atoms with Crippen LogP contribution in [-0.2, 0) is 0 Å². The first kappa shape index (κ1) is 11.9. The molecule has 0 saturated carbocycles. The Morgan fingerprint density at radius 3 is 2.76 bits per heavy atom. The van der Waals surface area contributed by atoms with Crippen LogP contribution < -0.4 is 21.7 Å². The molecule has 6 heteroatoms. The van der Waals surface area contributed by atoms with E-state index >= 15 is 0 Å². The third kappa shape index (κ3) is 2.97. The third-order valence-electron chi connectivity index (χ3n) is 2.95. The number of anilines is 3. The Morgan fingerprint density at radius 2 is 2.12 bits per heavy atom. The summed E-state index contributed by atoms with van der Waals surface area (Å²) in [7, 11) is 0. The van der Waals surface area contributed by atoms with Crippen molar-refractivity contribution in [2.45, 2.75) is 25.8 Å². The van der Waals surface area contributed by atoms with Crippen LogP contribution in [0.1, 0.15) is 19.8 Å². The summed E-state index contributed by atoms with van der Waals surface area (Å²) in [5.74, 6) is 1.98. The van der Waals surface area contributed by atoms with Crippen molar-refractivity contribution in [3.63, 3.8) is 0 Å². The second-order valence-corrected chi connectivity index (χ2v) is 4.32. The van der Waals surface area contributed by atoms with E-state index in [0.29, 0.717) is 12.0 Å². The van der Waals surface area contributed by atoms with Crippen LogP contribution in [0.2, 0.25) is 0 Å². The molecule has 0 atom stereocenters. The van der Waals surface area contributed by atoms with Gasteiger partial charge in [0, 0.05) is 31.7 Å². The van der Waals surface area contributed by atoms with Crippen molar-refractivity contribution in [1.29, 1.82) is 0 Å². The van der Waals surface area contributed by atoms with Gasteiger partial charge in [-0.05, 0) is 19.8 Å². The summed E-state index contributed by atoms with van der Waals surface area (Å²) in [6.07, 6.45) is 2.00. The third-order valence-corrected chi connectivity index (χ3v) is 2.95. The molecule has 0 radical (unpaired) electrons. The minimum atomic E-state index is 0.313. The lowest BCUT2D eigenvalue weighted by Crippen LogP contribution is -2.40. The molecule has 0 amide bonds. The lowest BCUT2D eigenvalue weighted by Gasteiger charge is -2.31. The maximum atomic E-state index is 5.89. The predicted octanol–water partition coefficient (Wildman–Crippen LogP) is 0.418. The van der Waals surface area contributed by atoms with Crippen LogP contribution in [0.3, 0.4) is 0 Å². The molecule has 1 saturated heterocycles. The smallest absolute Gasteiger partial charge is 0.223 e. The predicted molar refractivity (Wildman–Crippen MR) is 70.0 cm³/mol. The maximum absolute atomic E-state index is 5.89. The molecule has 6 nitrogen and oxygen atoms in total. The molecule has 1 aliphatic rings. The lowest BCUT2D eigenvalue weighted by molar-refractivity contribution is 0.498. The van der Waals surface area contributed by atoms with Gasteiger partial charge in [0.1, 0.15) is 11.6 Å². The van der Waals surface area contributed by atoms with Gasteiger partial charge in [0.15, 0.2) is 0 Å². The Kier molecular flexibility index (Phi) is 3.63. The Balaban J connectivity index is 2.14. The van der Waals surface area contributed by atoms with Gasteiger partial charge in [-0.25, -0.2) is 0 Å². The first-order chi connectivity index (χ1) is 8.19. The van der Waals surface area contributed by atoms with Crippen molar-refractivity contribution in [1.82, 2.24) is 9.97 Å². The standard InChI is InChI=1S/C11H20N6/c1-2-14-9-7-10(16-11(13)15-9)17-5-3-8(12)4-6-17/h7-8H,2-6,12H2,1H3,(H3,13,14,15,16). The van der Waals surface area contributed by atoms with Crippen molar-refractivity contribution < 1.29 is 0 Å². The van der Waals surface area contributed by atoms with Crippen molar-refractivity contribution in [3.8, 4) is 0 Å². The molecular weight excluding hydrogens is 216 g/mol. The average Bonchev–Trinajstić information content (AvgIpc) is 2.29. The molecule has 1 aromatic heterocycles. The number of rotatable bonds is 3. The fourth-order valence-electron chi connectivity index (χ4n) is 2.01. The van der Waals surface area contributed by atoms with Crippen LogP contribution >= 0.6 is 0 Å². The fourth-order valence-corrected chi connectivity index (χ4v) is 2.01. The largest absolute Gasteiger partial charge is 0.370 e. The highest BCUT2D eigenvalue weighted by Gasteiger charge is 2.18. The monoisotopic (exact) mass is 236 g/mol. The van der Waals surface area contributed by atoms with Crippen LogP contribution in [-0.4, -0.2) is 35.6 Å². The number of nitrogen functional groups attached to an aromatic ring is 1. The highest BCUT2D eigenvalue weighted by atomic mass is 15.2. The van der Waals surface area contributed by atoms with E-state index in [0.717, 1.165) is 44.1 Å². The Labute approximate surface area is 101 Å². The zero-order valence-electron chi connectivity index (χ0n) is 10.2. The number of aromatic nitrogens is 2. The highest BCUT2D eigenvalue weighted by molar-refractivity contribution is 5.52. The minimum absolute atomic E-state index is 0.313. The Bertz CT molecular complexity index is 372. The number of nitrogens with one attached hydrogen (secondary N) is 1. The van der Waals surface area contributed by atoms with Crippen molar-refractivity contribution in [2.24, 2.45) is 5.73 Å². The van der Waals surface area contributed by atoms with E-state index in [4.69, 9.17) is 11.5 Å². The van der Waals surface area contributed by atoms with Crippen molar-refractivity contribution in [2.75, 3.05) is 35.6 Å². The molecule has 0 spiro atoms. The van der Waals surface area contributed by atoms with Gasteiger partial charge < -0.3 is 21.7 Å². The molecule has 1 aromatic rings. The summed E-state index contributed by atoms with van der Waals surface area (Å²) in [4.78, 5) is 10.6. The van der Waals surface area contributed by atoms with E-state index in [2.05, 4.69) is 20.2 Å². The SMILES string of the molecule is CCNc1cc(N2CCC(N)CC2)nc(N)n1. The van der Waals surface area contributed by atoms with Gasteiger partial charge in [-0.2, -0.15) is 9.97 Å². The van der Waals surface area contributed by atoms with Gasteiger partial charge in [0.25, 0.3) is 0 Å². The summed E-state index contributed by atoms with van der Waals surface area (Å²) in [5.41, 5.74) is 11.6. The quantitative estimate of drug-likeness (QED) is 0.704. The number of piperidine rings is 1. The molecule has 0 aliphatic carbocycles. The number of nitrogens with zero attached hydrogens (tertiary/aromatic N) is 3. The number of hydrogen-bond acceptors (Lipinski definition) is 6. The molecule has 94 valence electrons. The van der Waals surface area contributed by atoms with E-state index in [9.17, 15) is 0 Å². The van der Waals surface area contributed by atoms with E-state index in [-0.39, 0.29) is 0 Å². The van der Waals surface area contributed by atoms with Gasteiger partial charge in [-0.3, -0.25) is 0 Å². The van der Waals surface area contributed by atoms with E-state index < -0.39 is 0 Å². The first-order valence-electron chi connectivity index (χ1n) is 6.08. The summed E-state index contributed by atoms with van der Waals surface area (Å²) in [5, 5.41) is 3.15. The molecule has 17 heavy (non-hydrogen) atoms. The average molecular weight is 236 g/mol. The molecule has 1 fully saturated rings. The molecule has 1 aliphatic heterocycles. The molecular formula is C11H20N6. The van der Waals surface area contributed by atoms with Crippen LogP contribution in [0.15, 0.2) is 6.07 Å². The highest BCUT2D eigenvalue weighted by Crippen LogP contribution is 2.20. The van der Waals surface area contributed by atoms with Crippen molar-refractivity contribution in [3.05, 3.63) is 6.07 Å². The lowest BCUT2D eigenvalue weighted by atomic mass is 10.1. The second-order valence-electron chi connectivity index (χ2n) is 4.32. The van der Waals surface area contributed by atoms with Gasteiger partial charge in [-0.1, -0.05) is 0 Å². The van der Waals surface area contributed by atoms with Crippen LogP contribution in [0, 0.1) is 0 Å². The summed E-state index contributed by atoms with van der Waals surface area (Å²) >= 11 is 0. The van der Waals surface area contributed by atoms with E-state index in [1.54, 1.807) is 0 Å². The summed E-state index contributed by atoms with van der Waals surface area (Å²) in [6.45, 7) is 4.71. The van der Waals surface area contributed by atoms with Crippen molar-refractivity contribution >= 4 is 17.6 Å². The van der Waals surface area contributed by atoms with Crippen LogP contribution in [0.25, 0.3) is 0 Å².